The van der Waals surface area contributed by atoms with Crippen molar-refractivity contribution >= 4 is 23.1 Å². The van der Waals surface area contributed by atoms with Crippen LogP contribution in [0.4, 0.5) is 30.4 Å². The van der Waals surface area contributed by atoms with Gasteiger partial charge in [-0.15, -0.1) is 0 Å². The number of benzene rings is 2. The van der Waals surface area contributed by atoms with E-state index in [0.717, 1.165) is 23.3 Å². The van der Waals surface area contributed by atoms with Crippen LogP contribution in [0.15, 0.2) is 54.7 Å². The van der Waals surface area contributed by atoms with E-state index in [1.807, 2.05) is 31.2 Å². The maximum Gasteiger partial charge on any atom is 0.228 e. The smallest absolute Gasteiger partial charge is 0.228 e. The lowest BCUT2D eigenvalue weighted by molar-refractivity contribution is -0.115. The van der Waals surface area contributed by atoms with Crippen LogP contribution in [0.1, 0.15) is 11.1 Å². The van der Waals surface area contributed by atoms with Gasteiger partial charge in [0.2, 0.25) is 5.91 Å². The number of carbonyl (C=O) groups is 1. The molecule has 2 aromatic carbocycles. The molecular formula is C20H16F3N3O. The molecule has 3 aromatic rings. The molecule has 138 valence electrons. The number of anilines is 3. The Morgan fingerprint density at radius 2 is 1.85 bits per heavy atom. The molecule has 1 heterocycles. The van der Waals surface area contributed by atoms with E-state index in [0.29, 0.717) is 5.69 Å². The van der Waals surface area contributed by atoms with Gasteiger partial charge in [0.1, 0.15) is 5.82 Å². The van der Waals surface area contributed by atoms with Crippen LogP contribution < -0.4 is 10.6 Å². The summed E-state index contributed by atoms with van der Waals surface area (Å²) in [5.74, 6) is -4.13. The van der Waals surface area contributed by atoms with Crippen molar-refractivity contribution in [3.05, 3.63) is 83.3 Å². The van der Waals surface area contributed by atoms with E-state index in [1.54, 1.807) is 6.07 Å². The van der Waals surface area contributed by atoms with E-state index >= 15 is 0 Å². The van der Waals surface area contributed by atoms with Gasteiger partial charge in [0.05, 0.1) is 24.0 Å². The number of rotatable bonds is 5. The average molecular weight is 371 g/mol. The van der Waals surface area contributed by atoms with Gasteiger partial charge in [0.15, 0.2) is 17.5 Å². The normalized spacial score (nSPS) is 10.5. The number of amides is 1. The fourth-order valence-corrected chi connectivity index (χ4v) is 2.51. The molecule has 0 aliphatic rings. The molecule has 0 aliphatic carbocycles. The summed E-state index contributed by atoms with van der Waals surface area (Å²) < 4.78 is 39.9. The van der Waals surface area contributed by atoms with Crippen LogP contribution in [0, 0.1) is 24.4 Å². The molecule has 0 atom stereocenters. The second-order valence-electron chi connectivity index (χ2n) is 5.99. The minimum Gasteiger partial charge on any atom is -0.338 e. The number of nitrogens with zero attached hydrogens (tertiary/aromatic N) is 1. The zero-order valence-corrected chi connectivity index (χ0v) is 14.4. The molecule has 7 heteroatoms. The van der Waals surface area contributed by atoms with Gasteiger partial charge in [-0.2, -0.15) is 0 Å². The zero-order chi connectivity index (χ0) is 19.4. The molecule has 0 radical (unpaired) electrons. The SMILES string of the molecule is Cc1cccc(CC(=O)Nc2ccc(Nc3ccc(F)c(F)c3F)nc2)c1. The fraction of sp³-hybridized carbons (Fsp3) is 0.100. The van der Waals surface area contributed by atoms with Crippen molar-refractivity contribution in [1.82, 2.24) is 4.98 Å². The Balaban J connectivity index is 1.63. The Kier molecular flexibility index (Phi) is 5.40. The highest BCUT2D eigenvalue weighted by Gasteiger charge is 2.13. The number of pyridine rings is 1. The van der Waals surface area contributed by atoms with E-state index in [1.165, 1.54) is 12.3 Å². The predicted octanol–water partition coefficient (Wildman–Crippen LogP) is 4.73. The van der Waals surface area contributed by atoms with E-state index in [-0.39, 0.29) is 23.8 Å². The van der Waals surface area contributed by atoms with Crippen LogP contribution in [0.3, 0.4) is 0 Å². The lowest BCUT2D eigenvalue weighted by Crippen LogP contribution is -2.14. The Hall–Kier alpha value is -3.35. The predicted molar refractivity (Wildman–Crippen MR) is 97.3 cm³/mol. The molecule has 0 fully saturated rings. The van der Waals surface area contributed by atoms with Crippen molar-refractivity contribution in [1.29, 1.82) is 0 Å². The number of aryl methyl sites for hydroxylation is 1. The minimum absolute atomic E-state index is 0.199. The Labute approximate surface area is 154 Å². The molecule has 4 nitrogen and oxygen atoms in total. The van der Waals surface area contributed by atoms with E-state index in [4.69, 9.17) is 0 Å². The van der Waals surface area contributed by atoms with Crippen molar-refractivity contribution in [3.8, 4) is 0 Å². The lowest BCUT2D eigenvalue weighted by atomic mass is 10.1. The molecule has 1 amide bonds. The van der Waals surface area contributed by atoms with Gasteiger partial charge in [0, 0.05) is 0 Å². The molecule has 0 saturated heterocycles. The third-order valence-corrected chi connectivity index (χ3v) is 3.79. The van der Waals surface area contributed by atoms with Gasteiger partial charge in [-0.1, -0.05) is 29.8 Å². The Morgan fingerprint density at radius 3 is 2.56 bits per heavy atom. The summed E-state index contributed by atoms with van der Waals surface area (Å²) in [5, 5.41) is 5.28. The summed E-state index contributed by atoms with van der Waals surface area (Å²) in [6.07, 6.45) is 1.61. The summed E-state index contributed by atoms with van der Waals surface area (Å²) in [6.45, 7) is 1.95. The second kappa shape index (κ2) is 7.90. The Morgan fingerprint density at radius 1 is 1.04 bits per heavy atom. The van der Waals surface area contributed by atoms with Gasteiger partial charge in [-0.05, 0) is 36.8 Å². The van der Waals surface area contributed by atoms with Gasteiger partial charge >= 0.3 is 0 Å². The molecule has 2 N–H and O–H groups in total. The summed E-state index contributed by atoms with van der Waals surface area (Å²) in [7, 11) is 0. The Bertz CT molecular complexity index is 975. The molecular weight excluding hydrogens is 355 g/mol. The van der Waals surface area contributed by atoms with Gasteiger partial charge in [-0.3, -0.25) is 4.79 Å². The highest BCUT2D eigenvalue weighted by atomic mass is 19.2. The number of hydrogen-bond donors (Lipinski definition) is 2. The van der Waals surface area contributed by atoms with Crippen LogP contribution in [0.25, 0.3) is 0 Å². The monoisotopic (exact) mass is 371 g/mol. The van der Waals surface area contributed by atoms with Crippen molar-refractivity contribution in [2.24, 2.45) is 0 Å². The van der Waals surface area contributed by atoms with E-state index < -0.39 is 17.5 Å². The minimum atomic E-state index is -1.56. The molecule has 3 rings (SSSR count). The van der Waals surface area contributed by atoms with Crippen molar-refractivity contribution in [2.45, 2.75) is 13.3 Å². The van der Waals surface area contributed by atoms with Gasteiger partial charge < -0.3 is 10.6 Å². The first-order valence-corrected chi connectivity index (χ1v) is 8.14. The highest BCUT2D eigenvalue weighted by Crippen LogP contribution is 2.23. The van der Waals surface area contributed by atoms with Crippen molar-refractivity contribution in [3.63, 3.8) is 0 Å². The molecule has 1 aromatic heterocycles. The largest absolute Gasteiger partial charge is 0.338 e. The quantitative estimate of drug-likeness (QED) is 0.638. The van der Waals surface area contributed by atoms with Crippen LogP contribution in [-0.4, -0.2) is 10.9 Å². The first-order valence-electron chi connectivity index (χ1n) is 8.14. The zero-order valence-electron chi connectivity index (χ0n) is 14.4. The number of carbonyl (C=O) groups excluding carboxylic acids is 1. The summed E-state index contributed by atoms with van der Waals surface area (Å²) in [5.41, 5.74) is 2.19. The molecule has 0 unspecified atom stereocenters. The number of aromatic nitrogens is 1. The number of nitrogens with one attached hydrogen (secondary N) is 2. The number of hydrogen-bond acceptors (Lipinski definition) is 3. The number of halogens is 3. The summed E-state index contributed by atoms with van der Waals surface area (Å²) >= 11 is 0. The molecule has 0 spiro atoms. The maximum atomic E-state index is 13.7. The average Bonchev–Trinajstić information content (AvgIpc) is 2.64. The maximum absolute atomic E-state index is 13.7. The van der Waals surface area contributed by atoms with Crippen LogP contribution in [0.5, 0.6) is 0 Å². The first kappa shape index (κ1) is 18.4. The highest BCUT2D eigenvalue weighted by molar-refractivity contribution is 5.92. The molecule has 0 saturated carbocycles. The van der Waals surface area contributed by atoms with Gasteiger partial charge in [0.25, 0.3) is 0 Å². The van der Waals surface area contributed by atoms with Crippen LogP contribution >= 0.6 is 0 Å². The molecule has 0 bridgehead atoms. The first-order chi connectivity index (χ1) is 12.9. The molecule has 27 heavy (non-hydrogen) atoms. The second-order valence-corrected chi connectivity index (χ2v) is 5.99. The summed E-state index contributed by atoms with van der Waals surface area (Å²) in [6, 6.07) is 12.6. The lowest BCUT2D eigenvalue weighted by Gasteiger charge is -2.09. The van der Waals surface area contributed by atoms with Crippen molar-refractivity contribution in [2.75, 3.05) is 10.6 Å². The van der Waals surface area contributed by atoms with Crippen LogP contribution in [-0.2, 0) is 11.2 Å². The van der Waals surface area contributed by atoms with E-state index in [2.05, 4.69) is 15.6 Å². The van der Waals surface area contributed by atoms with Gasteiger partial charge in [-0.25, -0.2) is 18.2 Å². The van der Waals surface area contributed by atoms with Crippen LogP contribution in [0.2, 0.25) is 0 Å². The fourth-order valence-electron chi connectivity index (χ4n) is 2.51. The standard InChI is InChI=1S/C20H16F3N3O/c1-12-3-2-4-13(9-12)10-18(27)25-14-5-8-17(24-11-14)26-16-7-6-15(21)19(22)20(16)23/h2-9,11H,10H2,1H3,(H,24,26)(H,25,27). The van der Waals surface area contributed by atoms with E-state index in [9.17, 15) is 18.0 Å². The van der Waals surface area contributed by atoms with Crippen molar-refractivity contribution < 1.29 is 18.0 Å². The topological polar surface area (TPSA) is 54.0 Å². The third kappa shape index (κ3) is 4.63. The summed E-state index contributed by atoms with van der Waals surface area (Å²) in [4.78, 5) is 16.1. The molecule has 0 aliphatic heterocycles. The third-order valence-electron chi connectivity index (χ3n) is 3.79.